The third-order valence-corrected chi connectivity index (χ3v) is 3.14. The Morgan fingerprint density at radius 2 is 2.00 bits per heavy atom. The molecule has 1 heterocycles. The Labute approximate surface area is 122 Å². The summed E-state index contributed by atoms with van der Waals surface area (Å²) in [5.74, 6) is 4.43. The summed E-state index contributed by atoms with van der Waals surface area (Å²) in [6, 6.07) is 9.77. The van der Waals surface area contributed by atoms with Crippen LogP contribution in [0.2, 0.25) is 0 Å². The van der Waals surface area contributed by atoms with E-state index in [0.29, 0.717) is 12.1 Å². The molecule has 0 radical (unpaired) electrons. The van der Waals surface area contributed by atoms with Crippen LogP contribution >= 0.6 is 0 Å². The normalized spacial score (nSPS) is 10.2. The minimum Gasteiger partial charge on any atom is -0.366 e. The molecule has 21 heavy (non-hydrogen) atoms. The molecule has 1 aromatic heterocycles. The quantitative estimate of drug-likeness (QED) is 0.500. The SMILES string of the molecule is CCN(Cc1ccc(C(=O)NN)cn1)c1ccc(F)cc1. The van der Waals surface area contributed by atoms with E-state index in [1.54, 1.807) is 24.3 Å². The molecule has 110 valence electrons. The minimum absolute atomic E-state index is 0.259. The lowest BCUT2D eigenvalue weighted by Gasteiger charge is -2.22. The van der Waals surface area contributed by atoms with Gasteiger partial charge in [0.05, 0.1) is 17.8 Å². The monoisotopic (exact) mass is 288 g/mol. The number of hydrazine groups is 1. The van der Waals surface area contributed by atoms with Gasteiger partial charge in [-0.05, 0) is 43.3 Å². The Morgan fingerprint density at radius 3 is 2.52 bits per heavy atom. The van der Waals surface area contributed by atoms with Crippen LogP contribution in [0, 0.1) is 5.82 Å². The number of amides is 1. The number of nitrogens with zero attached hydrogens (tertiary/aromatic N) is 2. The van der Waals surface area contributed by atoms with Crippen molar-refractivity contribution in [1.82, 2.24) is 10.4 Å². The third kappa shape index (κ3) is 3.76. The summed E-state index contributed by atoms with van der Waals surface area (Å²) in [6.07, 6.45) is 1.48. The Hall–Kier alpha value is -2.47. The number of hydrogen-bond acceptors (Lipinski definition) is 4. The van der Waals surface area contributed by atoms with Crippen molar-refractivity contribution >= 4 is 11.6 Å². The van der Waals surface area contributed by atoms with E-state index in [2.05, 4.69) is 15.3 Å². The molecule has 0 spiro atoms. The summed E-state index contributed by atoms with van der Waals surface area (Å²) in [7, 11) is 0. The zero-order valence-corrected chi connectivity index (χ0v) is 11.7. The number of nitrogens with one attached hydrogen (secondary N) is 1. The van der Waals surface area contributed by atoms with E-state index in [4.69, 9.17) is 5.84 Å². The number of carbonyl (C=O) groups excluding carboxylic acids is 1. The molecule has 5 nitrogen and oxygen atoms in total. The van der Waals surface area contributed by atoms with Gasteiger partial charge in [0.25, 0.3) is 5.91 Å². The lowest BCUT2D eigenvalue weighted by molar-refractivity contribution is 0.0953. The average molecular weight is 288 g/mol. The first-order chi connectivity index (χ1) is 10.1. The molecule has 1 amide bonds. The van der Waals surface area contributed by atoms with Crippen molar-refractivity contribution in [1.29, 1.82) is 0 Å². The van der Waals surface area contributed by atoms with Crippen LogP contribution in [0.1, 0.15) is 23.0 Å². The molecule has 0 unspecified atom stereocenters. The molecule has 2 rings (SSSR count). The highest BCUT2D eigenvalue weighted by Crippen LogP contribution is 2.17. The Morgan fingerprint density at radius 1 is 1.29 bits per heavy atom. The smallest absolute Gasteiger partial charge is 0.266 e. The second-order valence-electron chi connectivity index (χ2n) is 4.50. The molecule has 0 atom stereocenters. The van der Waals surface area contributed by atoms with Crippen LogP contribution in [-0.4, -0.2) is 17.4 Å². The van der Waals surface area contributed by atoms with E-state index in [1.807, 2.05) is 6.92 Å². The first-order valence-corrected chi connectivity index (χ1v) is 6.60. The molecule has 0 aliphatic rings. The predicted octanol–water partition coefficient (Wildman–Crippen LogP) is 1.85. The van der Waals surface area contributed by atoms with Crippen LogP contribution in [0.4, 0.5) is 10.1 Å². The van der Waals surface area contributed by atoms with E-state index in [9.17, 15) is 9.18 Å². The number of aromatic nitrogens is 1. The van der Waals surface area contributed by atoms with Gasteiger partial charge in [0.15, 0.2) is 0 Å². The first-order valence-electron chi connectivity index (χ1n) is 6.60. The van der Waals surface area contributed by atoms with E-state index < -0.39 is 0 Å². The average Bonchev–Trinajstić information content (AvgIpc) is 2.53. The molecular weight excluding hydrogens is 271 g/mol. The maximum absolute atomic E-state index is 13.0. The molecule has 0 fully saturated rings. The molecule has 2 aromatic rings. The Kier molecular flexibility index (Phi) is 4.84. The van der Waals surface area contributed by atoms with Gasteiger partial charge in [0.1, 0.15) is 5.82 Å². The van der Waals surface area contributed by atoms with Crippen molar-refractivity contribution in [2.75, 3.05) is 11.4 Å². The van der Waals surface area contributed by atoms with Crippen molar-refractivity contribution < 1.29 is 9.18 Å². The highest BCUT2D eigenvalue weighted by atomic mass is 19.1. The van der Waals surface area contributed by atoms with Gasteiger partial charge in [-0.25, -0.2) is 10.2 Å². The van der Waals surface area contributed by atoms with Crippen LogP contribution in [-0.2, 0) is 6.54 Å². The van der Waals surface area contributed by atoms with E-state index in [0.717, 1.165) is 17.9 Å². The molecule has 6 heteroatoms. The van der Waals surface area contributed by atoms with Gasteiger partial charge in [0, 0.05) is 18.4 Å². The van der Waals surface area contributed by atoms with E-state index in [-0.39, 0.29) is 11.7 Å². The number of nitrogens with two attached hydrogens (primary N) is 1. The Balaban J connectivity index is 2.11. The maximum Gasteiger partial charge on any atom is 0.266 e. The molecule has 3 N–H and O–H groups in total. The lowest BCUT2D eigenvalue weighted by atomic mass is 10.2. The zero-order valence-electron chi connectivity index (χ0n) is 11.7. The topological polar surface area (TPSA) is 71.2 Å². The van der Waals surface area contributed by atoms with Gasteiger partial charge in [-0.3, -0.25) is 15.2 Å². The first kappa shape index (κ1) is 14.9. The molecule has 0 saturated heterocycles. The largest absolute Gasteiger partial charge is 0.366 e. The molecule has 0 aliphatic carbocycles. The van der Waals surface area contributed by atoms with Crippen LogP contribution in [0.5, 0.6) is 0 Å². The summed E-state index contributed by atoms with van der Waals surface area (Å²) in [6.45, 7) is 3.35. The van der Waals surface area contributed by atoms with Crippen LogP contribution in [0.15, 0.2) is 42.6 Å². The van der Waals surface area contributed by atoms with Gasteiger partial charge in [-0.2, -0.15) is 0 Å². The molecule has 0 aliphatic heterocycles. The van der Waals surface area contributed by atoms with Crippen LogP contribution < -0.4 is 16.2 Å². The maximum atomic E-state index is 13.0. The zero-order chi connectivity index (χ0) is 15.2. The van der Waals surface area contributed by atoms with Gasteiger partial charge in [0.2, 0.25) is 0 Å². The fourth-order valence-electron chi connectivity index (χ4n) is 1.97. The van der Waals surface area contributed by atoms with Crippen molar-refractivity contribution in [3.8, 4) is 0 Å². The number of anilines is 1. The molecule has 0 saturated carbocycles. The fourth-order valence-corrected chi connectivity index (χ4v) is 1.97. The standard InChI is InChI=1S/C15H17FN4O/c1-2-20(14-7-4-12(16)5-8-14)10-13-6-3-11(9-18-13)15(21)19-17/h3-9H,2,10,17H2,1H3,(H,19,21). The number of rotatable bonds is 5. The lowest BCUT2D eigenvalue weighted by Crippen LogP contribution is -2.30. The molecule has 1 aromatic carbocycles. The number of hydrogen-bond donors (Lipinski definition) is 2. The summed E-state index contributed by atoms with van der Waals surface area (Å²) >= 11 is 0. The predicted molar refractivity (Wildman–Crippen MR) is 79.0 cm³/mol. The highest BCUT2D eigenvalue weighted by Gasteiger charge is 2.08. The minimum atomic E-state index is -0.375. The number of benzene rings is 1. The molecule has 0 bridgehead atoms. The van der Waals surface area contributed by atoms with Crippen molar-refractivity contribution in [2.45, 2.75) is 13.5 Å². The van der Waals surface area contributed by atoms with Crippen molar-refractivity contribution in [3.63, 3.8) is 0 Å². The third-order valence-electron chi connectivity index (χ3n) is 3.14. The van der Waals surface area contributed by atoms with Crippen molar-refractivity contribution in [3.05, 3.63) is 59.7 Å². The highest BCUT2D eigenvalue weighted by molar-refractivity contribution is 5.93. The van der Waals surface area contributed by atoms with Gasteiger partial charge < -0.3 is 4.90 Å². The van der Waals surface area contributed by atoms with Gasteiger partial charge in [-0.1, -0.05) is 0 Å². The second-order valence-corrected chi connectivity index (χ2v) is 4.50. The summed E-state index contributed by atoms with van der Waals surface area (Å²) in [5.41, 5.74) is 4.20. The van der Waals surface area contributed by atoms with E-state index in [1.165, 1.54) is 18.3 Å². The van der Waals surface area contributed by atoms with E-state index >= 15 is 0 Å². The number of nitrogen functional groups attached to an aromatic ring is 1. The number of pyridine rings is 1. The van der Waals surface area contributed by atoms with Crippen LogP contribution in [0.25, 0.3) is 0 Å². The molecular formula is C15H17FN4O. The van der Waals surface area contributed by atoms with Crippen LogP contribution in [0.3, 0.4) is 0 Å². The number of carbonyl (C=O) groups is 1. The second kappa shape index (κ2) is 6.81. The van der Waals surface area contributed by atoms with Gasteiger partial charge in [-0.15, -0.1) is 0 Å². The summed E-state index contributed by atoms with van der Waals surface area (Å²) < 4.78 is 13.0. The fraction of sp³-hybridized carbons (Fsp3) is 0.200. The van der Waals surface area contributed by atoms with Crippen molar-refractivity contribution in [2.24, 2.45) is 5.84 Å². The Bertz CT molecular complexity index is 598. The number of halogens is 1. The summed E-state index contributed by atoms with van der Waals surface area (Å²) in [4.78, 5) is 17.6. The summed E-state index contributed by atoms with van der Waals surface area (Å²) in [5, 5.41) is 0. The van der Waals surface area contributed by atoms with Gasteiger partial charge >= 0.3 is 0 Å².